The molecule has 1 aliphatic rings. The molecular weight excluding hydrogens is 408 g/mol. The Morgan fingerprint density at radius 3 is 2.23 bits per heavy atom. The molecule has 1 N–H and O–H groups in total. The molecule has 5 nitrogen and oxygen atoms in total. The lowest BCUT2D eigenvalue weighted by Gasteiger charge is -2.32. The van der Waals surface area contributed by atoms with E-state index in [0.717, 1.165) is 17.9 Å². The Balaban J connectivity index is 1.32. The summed E-state index contributed by atoms with van der Waals surface area (Å²) in [7, 11) is 0. The summed E-state index contributed by atoms with van der Waals surface area (Å²) in [5, 5.41) is 3.09. The minimum absolute atomic E-state index is 0.211. The molecule has 6 heteroatoms. The number of para-hydroxylation sites is 2. The number of benzene rings is 3. The fourth-order valence-electron chi connectivity index (χ4n) is 3.50. The highest BCUT2D eigenvalue weighted by atomic mass is 32.2. The van der Waals surface area contributed by atoms with Gasteiger partial charge in [0.15, 0.2) is 0 Å². The van der Waals surface area contributed by atoms with Crippen molar-refractivity contribution in [1.82, 2.24) is 5.32 Å². The Labute approximate surface area is 187 Å². The van der Waals surface area contributed by atoms with Gasteiger partial charge in [-0.1, -0.05) is 48.2 Å². The van der Waals surface area contributed by atoms with E-state index >= 15 is 0 Å². The molecule has 3 aromatic rings. The molecule has 0 bridgehead atoms. The third-order valence-electron chi connectivity index (χ3n) is 4.94. The number of fused-ring (bicyclic) bond motifs is 2. The number of hydrogen-bond acceptors (Lipinski definition) is 6. The van der Waals surface area contributed by atoms with Gasteiger partial charge in [-0.3, -0.25) is 4.79 Å². The summed E-state index contributed by atoms with van der Waals surface area (Å²) in [4.78, 5) is 16.2. The Kier molecular flexibility index (Phi) is 7.12. The van der Waals surface area contributed by atoms with E-state index in [0.29, 0.717) is 19.8 Å². The second kappa shape index (κ2) is 10.4. The van der Waals surface area contributed by atoms with Crippen LogP contribution in [0.3, 0.4) is 0 Å². The van der Waals surface area contributed by atoms with Gasteiger partial charge in [0.25, 0.3) is 0 Å². The van der Waals surface area contributed by atoms with Gasteiger partial charge >= 0.3 is 5.97 Å². The first-order chi connectivity index (χ1) is 15.2. The third kappa shape index (κ3) is 5.40. The van der Waals surface area contributed by atoms with Crippen LogP contribution in [0, 0.1) is 0 Å². The van der Waals surface area contributed by atoms with E-state index in [2.05, 4.69) is 58.7 Å². The Bertz CT molecular complexity index is 978. The van der Waals surface area contributed by atoms with Gasteiger partial charge in [0.2, 0.25) is 0 Å². The Hall–Kier alpha value is -2.96. The maximum atomic E-state index is 11.4. The van der Waals surface area contributed by atoms with Crippen molar-refractivity contribution < 1.29 is 14.3 Å². The molecular formula is C25H26N2O3S. The quantitative estimate of drug-likeness (QED) is 0.477. The molecule has 0 amide bonds. The molecule has 0 aliphatic carbocycles. The van der Waals surface area contributed by atoms with Crippen LogP contribution < -0.4 is 15.0 Å². The summed E-state index contributed by atoms with van der Waals surface area (Å²) in [6.45, 7) is 4.37. The Morgan fingerprint density at radius 2 is 1.58 bits per heavy atom. The van der Waals surface area contributed by atoms with Crippen LogP contribution in [0.5, 0.6) is 5.75 Å². The second-order valence-corrected chi connectivity index (χ2v) is 8.17. The molecule has 160 valence electrons. The lowest BCUT2D eigenvalue weighted by Crippen LogP contribution is -2.26. The first kappa shape index (κ1) is 21.3. The second-order valence-electron chi connectivity index (χ2n) is 7.09. The lowest BCUT2D eigenvalue weighted by atomic mass is 10.2. The molecule has 0 saturated heterocycles. The third-order valence-corrected chi connectivity index (χ3v) is 6.07. The number of ether oxygens (including phenoxy) is 2. The van der Waals surface area contributed by atoms with Crippen LogP contribution in [-0.2, 0) is 16.1 Å². The number of hydrogen-bond donors (Lipinski definition) is 1. The minimum Gasteiger partial charge on any atom is -0.492 e. The number of nitrogens with zero attached hydrogens (tertiary/aromatic N) is 1. The van der Waals surface area contributed by atoms with E-state index in [1.54, 1.807) is 6.92 Å². The largest absolute Gasteiger partial charge is 0.492 e. The normalized spacial score (nSPS) is 12.1. The molecule has 1 aliphatic heterocycles. The van der Waals surface area contributed by atoms with E-state index in [1.807, 2.05) is 36.0 Å². The highest BCUT2D eigenvalue weighted by Crippen LogP contribution is 2.47. The van der Waals surface area contributed by atoms with Crippen LogP contribution in [0.4, 0.5) is 11.4 Å². The monoisotopic (exact) mass is 434 g/mol. The fourth-order valence-corrected chi connectivity index (χ4v) is 4.60. The number of carbonyl (C=O) groups is 1. The van der Waals surface area contributed by atoms with Gasteiger partial charge < -0.3 is 19.7 Å². The van der Waals surface area contributed by atoms with Crippen molar-refractivity contribution in [3.63, 3.8) is 0 Å². The molecule has 4 rings (SSSR count). The molecule has 0 radical (unpaired) electrons. The Morgan fingerprint density at radius 1 is 0.935 bits per heavy atom. The minimum atomic E-state index is -0.235. The summed E-state index contributed by atoms with van der Waals surface area (Å²) < 4.78 is 10.9. The zero-order valence-electron chi connectivity index (χ0n) is 17.5. The molecule has 0 atom stereocenters. The maximum Gasteiger partial charge on any atom is 0.319 e. The van der Waals surface area contributed by atoms with Crippen LogP contribution in [0.1, 0.15) is 12.5 Å². The average Bonchev–Trinajstić information content (AvgIpc) is 2.80. The van der Waals surface area contributed by atoms with E-state index in [4.69, 9.17) is 9.47 Å². The van der Waals surface area contributed by atoms with Crippen LogP contribution in [-0.4, -0.2) is 32.3 Å². The predicted octanol–water partition coefficient (Wildman–Crippen LogP) is 5.02. The van der Waals surface area contributed by atoms with Gasteiger partial charge in [0.05, 0.1) is 31.1 Å². The van der Waals surface area contributed by atoms with Crippen molar-refractivity contribution in [1.29, 1.82) is 0 Å². The standard InChI is InChI=1S/C25H26N2O3S/c1-2-29-25(28)18-26-17-19-11-13-20(14-12-19)30-16-15-27-21-7-3-5-9-23(21)31-24-10-6-4-8-22(24)27/h3-14,26H,2,15-18H2,1H3. The van der Waals surface area contributed by atoms with Crippen molar-refractivity contribution in [2.75, 3.05) is 31.2 Å². The summed E-state index contributed by atoms with van der Waals surface area (Å²) in [5.74, 6) is 0.601. The van der Waals surface area contributed by atoms with Gasteiger partial charge in [0, 0.05) is 16.3 Å². The van der Waals surface area contributed by atoms with Crippen molar-refractivity contribution in [3.05, 3.63) is 78.4 Å². The van der Waals surface area contributed by atoms with Gasteiger partial charge in [-0.05, 0) is 48.9 Å². The van der Waals surface area contributed by atoms with Crippen molar-refractivity contribution >= 4 is 29.1 Å². The number of esters is 1. The van der Waals surface area contributed by atoms with Crippen LogP contribution >= 0.6 is 11.8 Å². The number of anilines is 2. The SMILES string of the molecule is CCOC(=O)CNCc1ccc(OCCN2c3ccccc3Sc3ccccc32)cc1. The topological polar surface area (TPSA) is 50.8 Å². The van der Waals surface area contributed by atoms with Gasteiger partial charge in [-0.2, -0.15) is 0 Å². The molecule has 0 unspecified atom stereocenters. The highest BCUT2D eigenvalue weighted by molar-refractivity contribution is 7.99. The first-order valence-electron chi connectivity index (χ1n) is 10.5. The zero-order chi connectivity index (χ0) is 21.5. The van der Waals surface area contributed by atoms with Crippen LogP contribution in [0.15, 0.2) is 82.6 Å². The smallest absolute Gasteiger partial charge is 0.319 e. The molecule has 3 aromatic carbocycles. The molecule has 0 aromatic heterocycles. The van der Waals surface area contributed by atoms with Gasteiger partial charge in [-0.25, -0.2) is 0 Å². The van der Waals surface area contributed by atoms with E-state index < -0.39 is 0 Å². The number of nitrogens with one attached hydrogen (secondary N) is 1. The van der Waals surface area contributed by atoms with Crippen molar-refractivity contribution in [2.45, 2.75) is 23.3 Å². The van der Waals surface area contributed by atoms with E-state index in [9.17, 15) is 4.79 Å². The fraction of sp³-hybridized carbons (Fsp3) is 0.240. The van der Waals surface area contributed by atoms with Crippen molar-refractivity contribution in [2.24, 2.45) is 0 Å². The zero-order valence-corrected chi connectivity index (χ0v) is 18.4. The molecule has 0 saturated carbocycles. The van der Waals surface area contributed by atoms with E-state index in [1.165, 1.54) is 21.2 Å². The van der Waals surface area contributed by atoms with Gasteiger partial charge in [-0.15, -0.1) is 0 Å². The molecule has 1 heterocycles. The first-order valence-corrected chi connectivity index (χ1v) is 11.3. The van der Waals surface area contributed by atoms with E-state index in [-0.39, 0.29) is 12.5 Å². The van der Waals surface area contributed by atoms with Gasteiger partial charge in [0.1, 0.15) is 12.4 Å². The van der Waals surface area contributed by atoms with Crippen LogP contribution in [0.2, 0.25) is 0 Å². The van der Waals surface area contributed by atoms with Crippen molar-refractivity contribution in [3.8, 4) is 5.75 Å². The summed E-state index contributed by atoms with van der Waals surface area (Å²) in [6.07, 6.45) is 0. The average molecular weight is 435 g/mol. The number of carbonyl (C=O) groups excluding carboxylic acids is 1. The molecule has 0 fully saturated rings. The summed E-state index contributed by atoms with van der Waals surface area (Å²) in [5.41, 5.74) is 3.53. The summed E-state index contributed by atoms with van der Waals surface area (Å²) in [6, 6.07) is 24.9. The highest BCUT2D eigenvalue weighted by Gasteiger charge is 2.22. The molecule has 0 spiro atoms. The lowest BCUT2D eigenvalue weighted by molar-refractivity contribution is -0.142. The van der Waals surface area contributed by atoms with Crippen LogP contribution in [0.25, 0.3) is 0 Å². The molecule has 31 heavy (non-hydrogen) atoms. The number of rotatable bonds is 9. The predicted molar refractivity (Wildman–Crippen MR) is 124 cm³/mol. The maximum absolute atomic E-state index is 11.4. The summed E-state index contributed by atoms with van der Waals surface area (Å²) >= 11 is 1.81.